The largest absolute Gasteiger partial charge is 0.433 e. The predicted molar refractivity (Wildman–Crippen MR) is 111 cm³/mol. The fraction of sp³-hybridized carbons (Fsp3) is 0.409. The number of benzene rings is 1. The Balaban J connectivity index is 1.99. The van der Waals surface area contributed by atoms with Gasteiger partial charge < -0.3 is 10.1 Å². The summed E-state index contributed by atoms with van der Waals surface area (Å²) in [6, 6.07) is 8.15. The monoisotopic (exact) mass is 434 g/mol. The third-order valence-corrected chi connectivity index (χ3v) is 4.84. The van der Waals surface area contributed by atoms with Crippen LogP contribution in [0, 0.1) is 0 Å². The first-order valence-electron chi connectivity index (χ1n) is 10.1. The fourth-order valence-corrected chi connectivity index (χ4v) is 3.13. The summed E-state index contributed by atoms with van der Waals surface area (Å²) in [5.41, 5.74) is 0.582. The van der Waals surface area contributed by atoms with E-state index in [4.69, 9.17) is 4.74 Å². The average Bonchev–Trinajstić information content (AvgIpc) is 3.16. The van der Waals surface area contributed by atoms with E-state index in [1.54, 1.807) is 12.1 Å². The quantitative estimate of drug-likeness (QED) is 0.522. The highest BCUT2D eigenvalue weighted by Gasteiger charge is 2.36. The van der Waals surface area contributed by atoms with Gasteiger partial charge in [-0.2, -0.15) is 18.3 Å². The molecule has 1 aromatic carbocycles. The molecule has 1 amide bonds. The van der Waals surface area contributed by atoms with E-state index in [2.05, 4.69) is 15.4 Å². The molecule has 1 N–H and O–H groups in total. The van der Waals surface area contributed by atoms with Crippen molar-refractivity contribution in [3.8, 4) is 11.3 Å². The summed E-state index contributed by atoms with van der Waals surface area (Å²) in [5.74, 6) is -0.234. The van der Waals surface area contributed by atoms with E-state index in [1.807, 2.05) is 32.9 Å². The number of hydrogen-bond acceptors (Lipinski definition) is 4. The highest BCUT2D eigenvalue weighted by atomic mass is 19.4. The van der Waals surface area contributed by atoms with Crippen LogP contribution in [0.2, 0.25) is 0 Å². The molecule has 0 atom stereocenters. The molecule has 6 nitrogen and oxygen atoms in total. The molecule has 2 aromatic heterocycles. The minimum absolute atomic E-state index is 0.0115. The highest BCUT2D eigenvalue weighted by Crippen LogP contribution is 2.33. The number of aromatic nitrogens is 3. The zero-order valence-corrected chi connectivity index (χ0v) is 17.7. The van der Waals surface area contributed by atoms with Gasteiger partial charge >= 0.3 is 6.18 Å². The molecule has 166 valence electrons. The molecule has 0 spiro atoms. The van der Waals surface area contributed by atoms with Gasteiger partial charge in [-0.25, -0.2) is 9.50 Å². The second-order valence-corrected chi connectivity index (χ2v) is 7.40. The Bertz CT molecular complexity index is 1040. The molecule has 0 aliphatic carbocycles. The number of fused-ring (bicyclic) bond motifs is 1. The van der Waals surface area contributed by atoms with Crippen LogP contribution in [0.25, 0.3) is 16.9 Å². The number of rotatable bonds is 8. The van der Waals surface area contributed by atoms with Crippen LogP contribution in [0.15, 0.2) is 36.5 Å². The van der Waals surface area contributed by atoms with Gasteiger partial charge in [0.1, 0.15) is 5.56 Å². The number of amides is 1. The average molecular weight is 434 g/mol. The van der Waals surface area contributed by atoms with Gasteiger partial charge in [-0.15, -0.1) is 0 Å². The molecule has 3 rings (SSSR count). The van der Waals surface area contributed by atoms with Crippen molar-refractivity contribution in [3.05, 3.63) is 53.3 Å². The van der Waals surface area contributed by atoms with Gasteiger partial charge in [-0.3, -0.25) is 4.79 Å². The number of carbonyl (C=O) groups is 1. The van der Waals surface area contributed by atoms with Crippen molar-refractivity contribution >= 4 is 11.6 Å². The first-order valence-corrected chi connectivity index (χ1v) is 10.1. The van der Waals surface area contributed by atoms with Crippen LogP contribution < -0.4 is 5.32 Å². The molecule has 0 unspecified atom stereocenters. The van der Waals surface area contributed by atoms with Crippen molar-refractivity contribution in [2.45, 2.75) is 39.3 Å². The fourth-order valence-electron chi connectivity index (χ4n) is 3.13. The molecule has 0 saturated carbocycles. The summed E-state index contributed by atoms with van der Waals surface area (Å²) in [7, 11) is 0. The van der Waals surface area contributed by atoms with Crippen LogP contribution >= 0.6 is 0 Å². The number of nitrogens with zero attached hydrogens (tertiary/aromatic N) is 3. The second-order valence-electron chi connectivity index (χ2n) is 7.40. The number of hydrogen-bond donors (Lipinski definition) is 1. The Labute approximate surface area is 178 Å². The van der Waals surface area contributed by atoms with Crippen molar-refractivity contribution in [2.75, 3.05) is 19.8 Å². The van der Waals surface area contributed by atoms with Crippen LogP contribution in [0.1, 0.15) is 54.7 Å². The van der Waals surface area contributed by atoms with Crippen molar-refractivity contribution in [3.63, 3.8) is 0 Å². The van der Waals surface area contributed by atoms with Gasteiger partial charge in [0.15, 0.2) is 11.3 Å². The lowest BCUT2D eigenvalue weighted by atomic mass is 10.0. The molecule has 0 aliphatic heterocycles. The van der Waals surface area contributed by atoms with Gasteiger partial charge in [0, 0.05) is 25.3 Å². The molecule has 0 fully saturated rings. The second kappa shape index (κ2) is 9.47. The summed E-state index contributed by atoms with van der Waals surface area (Å²) >= 11 is 0. The molecule has 0 saturated heterocycles. The van der Waals surface area contributed by atoms with E-state index >= 15 is 0 Å². The maximum atomic E-state index is 13.7. The van der Waals surface area contributed by atoms with E-state index in [0.717, 1.165) is 17.8 Å². The van der Waals surface area contributed by atoms with Crippen molar-refractivity contribution in [1.29, 1.82) is 0 Å². The molecule has 31 heavy (non-hydrogen) atoms. The Morgan fingerprint density at radius 2 is 1.94 bits per heavy atom. The standard InChI is InChI=1S/C22H25F3N4O2/c1-4-31-11-5-10-26-21(30)17-13-27-29-19(22(23,24)25)12-18(28-20(17)29)16-8-6-15(7-9-16)14(2)3/h6-9,12-14H,4-5,10-11H2,1-3H3,(H,26,30). The zero-order valence-electron chi connectivity index (χ0n) is 17.7. The Hall–Kier alpha value is -2.94. The minimum Gasteiger partial charge on any atom is -0.382 e. The zero-order chi connectivity index (χ0) is 22.6. The van der Waals surface area contributed by atoms with Crippen LogP contribution in [-0.2, 0) is 10.9 Å². The van der Waals surface area contributed by atoms with E-state index < -0.39 is 17.8 Å². The smallest absolute Gasteiger partial charge is 0.382 e. The summed E-state index contributed by atoms with van der Waals surface area (Å²) in [4.78, 5) is 16.9. The third-order valence-electron chi connectivity index (χ3n) is 4.84. The predicted octanol–water partition coefficient (Wildman–Crippen LogP) is 4.69. The van der Waals surface area contributed by atoms with Crippen molar-refractivity contribution in [1.82, 2.24) is 19.9 Å². The van der Waals surface area contributed by atoms with Crippen LogP contribution in [-0.4, -0.2) is 40.3 Å². The third kappa shape index (κ3) is 5.22. The molecule has 3 aromatic rings. The van der Waals surface area contributed by atoms with Gasteiger partial charge in [0.2, 0.25) is 0 Å². The maximum absolute atomic E-state index is 13.7. The number of alkyl halides is 3. The van der Waals surface area contributed by atoms with E-state index in [9.17, 15) is 18.0 Å². The van der Waals surface area contributed by atoms with E-state index in [1.165, 1.54) is 0 Å². The normalized spacial score (nSPS) is 12.0. The summed E-state index contributed by atoms with van der Waals surface area (Å²) in [6.07, 6.45) is -2.96. The number of nitrogens with one attached hydrogen (secondary N) is 1. The summed E-state index contributed by atoms with van der Waals surface area (Å²) < 4.78 is 47.0. The van der Waals surface area contributed by atoms with Gasteiger partial charge in [0.25, 0.3) is 5.91 Å². The number of carbonyl (C=O) groups excluding carboxylic acids is 1. The van der Waals surface area contributed by atoms with Crippen LogP contribution in [0.4, 0.5) is 13.2 Å². The summed E-state index contributed by atoms with van der Waals surface area (Å²) in [5, 5.41) is 6.46. The number of halogens is 3. The van der Waals surface area contributed by atoms with E-state index in [0.29, 0.717) is 42.2 Å². The van der Waals surface area contributed by atoms with Crippen LogP contribution in [0.3, 0.4) is 0 Å². The first-order chi connectivity index (χ1) is 14.7. The maximum Gasteiger partial charge on any atom is 0.433 e. The molecule has 0 radical (unpaired) electrons. The Kier molecular flexibility index (Phi) is 6.94. The van der Waals surface area contributed by atoms with Crippen molar-refractivity contribution < 1.29 is 22.7 Å². The summed E-state index contributed by atoms with van der Waals surface area (Å²) in [6.45, 7) is 7.33. The van der Waals surface area contributed by atoms with Gasteiger partial charge in [-0.05, 0) is 30.9 Å². The Morgan fingerprint density at radius 1 is 1.23 bits per heavy atom. The van der Waals surface area contributed by atoms with Gasteiger partial charge in [-0.1, -0.05) is 38.1 Å². The molecular formula is C22H25F3N4O2. The van der Waals surface area contributed by atoms with Crippen LogP contribution in [0.5, 0.6) is 0 Å². The lowest BCUT2D eigenvalue weighted by molar-refractivity contribution is -0.142. The SMILES string of the molecule is CCOCCCNC(=O)c1cnn2c(C(F)(F)F)cc(-c3ccc(C(C)C)cc3)nc12. The first kappa shape index (κ1) is 22.7. The lowest BCUT2D eigenvalue weighted by Gasteiger charge is -2.12. The van der Waals surface area contributed by atoms with Gasteiger partial charge in [0.05, 0.1) is 11.9 Å². The lowest BCUT2D eigenvalue weighted by Crippen LogP contribution is -2.25. The molecule has 9 heteroatoms. The number of ether oxygens (including phenoxy) is 1. The Morgan fingerprint density at radius 3 is 2.55 bits per heavy atom. The van der Waals surface area contributed by atoms with E-state index in [-0.39, 0.29) is 16.9 Å². The molecule has 2 heterocycles. The topological polar surface area (TPSA) is 68.5 Å². The molecule has 0 aliphatic rings. The molecule has 0 bridgehead atoms. The highest BCUT2D eigenvalue weighted by molar-refractivity contribution is 5.99. The minimum atomic E-state index is -4.66. The van der Waals surface area contributed by atoms with Crippen molar-refractivity contribution in [2.24, 2.45) is 0 Å². The molecular weight excluding hydrogens is 409 g/mol.